The monoisotopic (exact) mass is 268 g/mol. The summed E-state index contributed by atoms with van der Waals surface area (Å²) in [6, 6.07) is 3.79. The van der Waals surface area contributed by atoms with Crippen LogP contribution < -0.4 is 4.74 Å². The van der Waals surface area contributed by atoms with Crippen molar-refractivity contribution in [3.63, 3.8) is 0 Å². The minimum Gasteiger partial charge on any atom is -0.497 e. The summed E-state index contributed by atoms with van der Waals surface area (Å²) in [5, 5.41) is 33.4. The van der Waals surface area contributed by atoms with Crippen molar-refractivity contribution in [2.75, 3.05) is 13.7 Å². The van der Waals surface area contributed by atoms with E-state index in [1.54, 1.807) is 0 Å². The molecule has 0 aliphatic carbocycles. The van der Waals surface area contributed by atoms with Gasteiger partial charge in [-0.15, -0.1) is 0 Å². The number of nitro groups is 1. The number of aliphatic hydroxyl groups is 2. The molecule has 2 N–H and O–H groups in total. The van der Waals surface area contributed by atoms with Crippen LogP contribution in [0.4, 0.5) is 5.69 Å². The molecular formula is C10H12N4O5. The maximum atomic E-state index is 10.9. The Morgan fingerprint density at radius 3 is 2.79 bits per heavy atom. The number of rotatable bonds is 6. The van der Waals surface area contributed by atoms with Crippen molar-refractivity contribution < 1.29 is 19.9 Å². The molecule has 0 spiro atoms. The van der Waals surface area contributed by atoms with E-state index in [1.165, 1.54) is 19.2 Å². The number of ether oxygens (including phenoxy) is 1. The number of nitro benzene ring substituents is 1. The maximum Gasteiger partial charge on any atom is 0.275 e. The number of aliphatic hydroxyl groups excluding tert-OH is 2. The fourth-order valence-electron chi connectivity index (χ4n) is 1.49. The van der Waals surface area contributed by atoms with E-state index in [9.17, 15) is 20.3 Å². The van der Waals surface area contributed by atoms with E-state index in [0.717, 1.165) is 6.07 Å². The van der Waals surface area contributed by atoms with Gasteiger partial charge in [-0.2, -0.15) is 0 Å². The van der Waals surface area contributed by atoms with Gasteiger partial charge in [0, 0.05) is 11.0 Å². The van der Waals surface area contributed by atoms with Gasteiger partial charge in [0.25, 0.3) is 5.69 Å². The van der Waals surface area contributed by atoms with Gasteiger partial charge < -0.3 is 14.9 Å². The third-order valence-electron chi connectivity index (χ3n) is 2.45. The molecule has 1 aromatic rings. The molecule has 0 fully saturated rings. The van der Waals surface area contributed by atoms with Crippen molar-refractivity contribution in [3.8, 4) is 5.75 Å². The van der Waals surface area contributed by atoms with E-state index in [-0.39, 0.29) is 11.3 Å². The van der Waals surface area contributed by atoms with E-state index < -0.39 is 23.7 Å². The molecular weight excluding hydrogens is 256 g/mol. The van der Waals surface area contributed by atoms with Crippen LogP contribution >= 0.6 is 0 Å². The first-order valence-electron chi connectivity index (χ1n) is 5.20. The lowest BCUT2D eigenvalue weighted by Crippen LogP contribution is -2.22. The lowest BCUT2D eigenvalue weighted by Gasteiger charge is -2.16. The second-order valence-electron chi connectivity index (χ2n) is 3.61. The lowest BCUT2D eigenvalue weighted by atomic mass is 10.0. The first kappa shape index (κ1) is 14.7. The zero-order valence-corrected chi connectivity index (χ0v) is 10.0. The van der Waals surface area contributed by atoms with Crippen LogP contribution in [0.15, 0.2) is 23.3 Å². The molecule has 0 aliphatic heterocycles. The van der Waals surface area contributed by atoms with Gasteiger partial charge in [0.15, 0.2) is 0 Å². The Morgan fingerprint density at radius 2 is 2.26 bits per heavy atom. The van der Waals surface area contributed by atoms with Gasteiger partial charge in [-0.05, 0) is 17.7 Å². The Labute approximate surface area is 107 Å². The van der Waals surface area contributed by atoms with Crippen LogP contribution in [0.3, 0.4) is 0 Å². The molecule has 102 valence electrons. The molecule has 9 nitrogen and oxygen atoms in total. The summed E-state index contributed by atoms with van der Waals surface area (Å²) in [5.41, 5.74) is 7.67. The molecule has 2 atom stereocenters. The van der Waals surface area contributed by atoms with Gasteiger partial charge in [0.2, 0.25) is 0 Å². The second-order valence-corrected chi connectivity index (χ2v) is 3.61. The molecule has 1 aromatic carbocycles. The van der Waals surface area contributed by atoms with Crippen LogP contribution in [0.2, 0.25) is 0 Å². The van der Waals surface area contributed by atoms with Gasteiger partial charge in [-0.3, -0.25) is 10.1 Å². The highest BCUT2D eigenvalue weighted by Gasteiger charge is 2.26. The Balaban J connectivity index is 3.14. The smallest absolute Gasteiger partial charge is 0.275 e. The van der Waals surface area contributed by atoms with Crippen molar-refractivity contribution in [3.05, 3.63) is 44.3 Å². The van der Waals surface area contributed by atoms with Crippen molar-refractivity contribution >= 4 is 5.69 Å². The van der Waals surface area contributed by atoms with Crippen LogP contribution in [-0.4, -0.2) is 34.9 Å². The Kier molecular flexibility index (Phi) is 5.07. The van der Waals surface area contributed by atoms with Gasteiger partial charge in [-0.1, -0.05) is 5.11 Å². The van der Waals surface area contributed by atoms with E-state index in [1.807, 2.05) is 0 Å². The average Bonchev–Trinajstić information content (AvgIpc) is 2.42. The summed E-state index contributed by atoms with van der Waals surface area (Å²) in [7, 11) is 1.37. The molecule has 1 rings (SSSR count). The van der Waals surface area contributed by atoms with Gasteiger partial charge >= 0.3 is 0 Å². The zero-order valence-electron chi connectivity index (χ0n) is 10.0. The second kappa shape index (κ2) is 6.55. The predicted molar refractivity (Wildman–Crippen MR) is 64.6 cm³/mol. The Bertz CT molecular complexity index is 515. The van der Waals surface area contributed by atoms with Crippen LogP contribution in [0.1, 0.15) is 11.7 Å². The first-order valence-corrected chi connectivity index (χ1v) is 5.20. The summed E-state index contributed by atoms with van der Waals surface area (Å²) in [6.07, 6.45) is -3.00. The highest BCUT2D eigenvalue weighted by Crippen LogP contribution is 2.31. The fraction of sp³-hybridized carbons (Fsp3) is 0.400. The molecule has 19 heavy (non-hydrogen) atoms. The third kappa shape index (κ3) is 3.55. The van der Waals surface area contributed by atoms with E-state index >= 15 is 0 Å². The standard InChI is InChI=1S/C10H12N4O5/c1-19-6-2-3-8(14(17)18)7(4-6)10(16)9(15)5-12-13-11/h2-4,9-10,15-16H,5H2,1H3. The molecule has 0 heterocycles. The molecule has 0 radical (unpaired) electrons. The molecule has 0 amide bonds. The lowest BCUT2D eigenvalue weighted by molar-refractivity contribution is -0.386. The molecule has 0 aromatic heterocycles. The van der Waals surface area contributed by atoms with Crippen molar-refractivity contribution in [1.82, 2.24) is 0 Å². The third-order valence-corrected chi connectivity index (χ3v) is 2.45. The highest BCUT2D eigenvalue weighted by molar-refractivity contribution is 5.46. The fourth-order valence-corrected chi connectivity index (χ4v) is 1.49. The van der Waals surface area contributed by atoms with Crippen molar-refractivity contribution in [1.29, 1.82) is 0 Å². The molecule has 0 saturated carbocycles. The molecule has 0 saturated heterocycles. The quantitative estimate of drug-likeness (QED) is 0.263. The maximum absolute atomic E-state index is 10.9. The normalized spacial score (nSPS) is 13.2. The average molecular weight is 268 g/mol. The number of nitrogens with zero attached hydrogens (tertiary/aromatic N) is 4. The van der Waals surface area contributed by atoms with Gasteiger partial charge in [0.1, 0.15) is 11.9 Å². The largest absolute Gasteiger partial charge is 0.497 e. The highest BCUT2D eigenvalue weighted by atomic mass is 16.6. The summed E-state index contributed by atoms with van der Waals surface area (Å²) >= 11 is 0. The van der Waals surface area contributed by atoms with E-state index in [0.29, 0.717) is 5.75 Å². The summed E-state index contributed by atoms with van der Waals surface area (Å²) in [6.45, 7) is -0.397. The van der Waals surface area contributed by atoms with Crippen molar-refractivity contribution in [2.45, 2.75) is 12.2 Å². The van der Waals surface area contributed by atoms with E-state index in [2.05, 4.69) is 10.0 Å². The zero-order chi connectivity index (χ0) is 14.4. The van der Waals surface area contributed by atoms with Crippen LogP contribution in [-0.2, 0) is 0 Å². The van der Waals surface area contributed by atoms with Crippen LogP contribution in [0, 0.1) is 10.1 Å². The van der Waals surface area contributed by atoms with Crippen LogP contribution in [0.25, 0.3) is 10.4 Å². The Hall–Kier alpha value is -2.35. The Morgan fingerprint density at radius 1 is 1.58 bits per heavy atom. The summed E-state index contributed by atoms with van der Waals surface area (Å²) < 4.78 is 4.90. The minimum absolute atomic E-state index is 0.106. The SMILES string of the molecule is COc1ccc([N+](=O)[O-])c(C(O)C(O)CN=[N+]=[N-])c1. The van der Waals surface area contributed by atoms with E-state index in [4.69, 9.17) is 10.3 Å². The predicted octanol–water partition coefficient (Wildman–Crippen LogP) is 1.31. The number of azide groups is 1. The van der Waals surface area contributed by atoms with Gasteiger partial charge in [0.05, 0.1) is 30.2 Å². The van der Waals surface area contributed by atoms with Crippen molar-refractivity contribution in [2.24, 2.45) is 5.11 Å². The van der Waals surface area contributed by atoms with Crippen LogP contribution in [0.5, 0.6) is 5.75 Å². The minimum atomic E-state index is -1.55. The molecule has 2 unspecified atom stereocenters. The number of hydrogen-bond donors (Lipinski definition) is 2. The topological polar surface area (TPSA) is 142 Å². The molecule has 0 aliphatic rings. The summed E-state index contributed by atoms with van der Waals surface area (Å²) in [4.78, 5) is 12.6. The number of benzene rings is 1. The first-order chi connectivity index (χ1) is 9.01. The summed E-state index contributed by atoms with van der Waals surface area (Å²) in [5.74, 6) is 0.302. The number of hydrogen-bond acceptors (Lipinski definition) is 6. The molecule has 9 heteroatoms. The number of methoxy groups -OCH3 is 1. The molecule has 0 bridgehead atoms. The van der Waals surface area contributed by atoms with Gasteiger partial charge in [-0.25, -0.2) is 0 Å².